The Balaban J connectivity index is 4.53. The van der Waals surface area contributed by atoms with Gasteiger partial charge in [-0.3, -0.25) is 9.59 Å². The van der Waals surface area contributed by atoms with Gasteiger partial charge in [-0.25, -0.2) is 0 Å². The quantitative estimate of drug-likeness (QED) is 0.0199. The number of carboxylic acids is 1. The summed E-state index contributed by atoms with van der Waals surface area (Å²) < 4.78 is 22.5. The van der Waals surface area contributed by atoms with Crippen molar-refractivity contribution >= 4 is 17.9 Å². The summed E-state index contributed by atoms with van der Waals surface area (Å²) in [7, 11) is 5.88. The summed E-state index contributed by atoms with van der Waals surface area (Å²) in [6.45, 7) is 4.54. The molecule has 0 amide bonds. The lowest BCUT2D eigenvalue weighted by Crippen LogP contribution is -2.44. The van der Waals surface area contributed by atoms with E-state index in [0.29, 0.717) is 17.4 Å². The SMILES string of the molecule is CC/C=C\C/C=C\C/C=C\C/C=C\C/C=C\C/C=C\CCCCC(=O)OC(COC(=O)CCCCCCCCCCCCC)COC(OCC[N+](C)(C)C)C(=O)[O-]. The van der Waals surface area contributed by atoms with Crippen molar-refractivity contribution in [3.63, 3.8) is 0 Å². The summed E-state index contributed by atoms with van der Waals surface area (Å²) in [6, 6.07) is 0. The second kappa shape index (κ2) is 39.6. The van der Waals surface area contributed by atoms with Crippen molar-refractivity contribution < 1.29 is 42.9 Å². The lowest BCUT2D eigenvalue weighted by atomic mass is 10.1. The summed E-state index contributed by atoms with van der Waals surface area (Å²) in [4.78, 5) is 36.9. The standard InChI is InChI=1S/C48H81NO8/c1-6-8-10-12-14-16-18-19-20-21-22-23-24-25-26-27-29-31-33-35-37-39-46(51)57-44(43-56-48(47(52)53)54-41-40-49(3,4)5)42-55-45(50)38-36-34-32-30-28-17-15-13-11-9-7-2/h8,10,14,16,19-20,22-23,25-26,29,31,44,48H,6-7,9,11-13,15,17-18,21,24,27-28,30,32-43H2,1-5H3/b10-8-,16-14-,20-19-,23-22-,26-25-,31-29-. The molecule has 0 aliphatic heterocycles. The molecule has 0 rings (SSSR count). The molecule has 0 N–H and O–H groups in total. The van der Waals surface area contributed by atoms with Crippen LogP contribution in [-0.2, 0) is 33.3 Å². The molecule has 9 nitrogen and oxygen atoms in total. The van der Waals surface area contributed by atoms with Crippen molar-refractivity contribution in [2.75, 3.05) is 47.5 Å². The Labute approximate surface area is 347 Å². The summed E-state index contributed by atoms with van der Waals surface area (Å²) >= 11 is 0. The zero-order valence-electron chi connectivity index (χ0n) is 36.7. The van der Waals surface area contributed by atoms with Crippen LogP contribution in [0.4, 0.5) is 0 Å². The van der Waals surface area contributed by atoms with Crippen LogP contribution in [0.15, 0.2) is 72.9 Å². The van der Waals surface area contributed by atoms with Crippen LogP contribution < -0.4 is 5.11 Å². The smallest absolute Gasteiger partial charge is 0.306 e. The van der Waals surface area contributed by atoms with Gasteiger partial charge in [0.05, 0.1) is 40.3 Å². The first-order chi connectivity index (χ1) is 27.6. The molecule has 0 fully saturated rings. The van der Waals surface area contributed by atoms with Crippen LogP contribution in [0.2, 0.25) is 0 Å². The van der Waals surface area contributed by atoms with E-state index >= 15 is 0 Å². The number of carbonyl (C=O) groups excluding carboxylic acids is 3. The van der Waals surface area contributed by atoms with Gasteiger partial charge in [-0.2, -0.15) is 0 Å². The van der Waals surface area contributed by atoms with Crippen LogP contribution >= 0.6 is 0 Å². The number of likely N-dealkylation sites (N-methyl/N-ethyl adjacent to an activating group) is 1. The van der Waals surface area contributed by atoms with Crippen LogP contribution in [0, 0.1) is 0 Å². The number of esters is 2. The second-order valence-corrected chi connectivity index (χ2v) is 15.6. The first-order valence-corrected chi connectivity index (χ1v) is 22.1. The third-order valence-electron chi connectivity index (χ3n) is 8.97. The maximum absolute atomic E-state index is 12.7. The van der Waals surface area contributed by atoms with Gasteiger partial charge in [0.2, 0.25) is 0 Å². The molecule has 0 aliphatic rings. The van der Waals surface area contributed by atoms with Crippen LogP contribution in [-0.4, -0.2) is 82.3 Å². The fourth-order valence-corrected chi connectivity index (χ4v) is 5.54. The van der Waals surface area contributed by atoms with E-state index in [2.05, 4.69) is 86.8 Å². The van der Waals surface area contributed by atoms with Gasteiger partial charge in [0.15, 0.2) is 12.4 Å². The zero-order chi connectivity index (χ0) is 42.1. The predicted molar refractivity (Wildman–Crippen MR) is 232 cm³/mol. The maximum Gasteiger partial charge on any atom is 0.306 e. The van der Waals surface area contributed by atoms with Gasteiger partial charge in [0.25, 0.3) is 0 Å². The van der Waals surface area contributed by atoms with Crippen molar-refractivity contribution in [2.24, 2.45) is 0 Å². The van der Waals surface area contributed by atoms with Crippen molar-refractivity contribution in [3.8, 4) is 0 Å². The molecule has 0 bridgehead atoms. The Kier molecular flexibility index (Phi) is 37.3. The van der Waals surface area contributed by atoms with E-state index in [-0.39, 0.29) is 38.6 Å². The normalized spacial score (nSPS) is 13.6. The van der Waals surface area contributed by atoms with E-state index in [1.54, 1.807) is 0 Å². The molecule has 9 heteroatoms. The summed E-state index contributed by atoms with van der Waals surface area (Å²) in [5, 5.41) is 11.7. The molecular formula is C48H81NO8. The van der Waals surface area contributed by atoms with Crippen molar-refractivity contribution in [2.45, 2.75) is 167 Å². The lowest BCUT2D eigenvalue weighted by Gasteiger charge is -2.26. The minimum absolute atomic E-state index is 0.136. The Morgan fingerprint density at radius 2 is 1.00 bits per heavy atom. The predicted octanol–water partition coefficient (Wildman–Crippen LogP) is 10.2. The molecule has 0 aromatic heterocycles. The number of hydrogen-bond donors (Lipinski definition) is 0. The second-order valence-electron chi connectivity index (χ2n) is 15.6. The number of rotatable bonds is 39. The van der Waals surface area contributed by atoms with Gasteiger partial charge in [0, 0.05) is 12.8 Å². The number of nitrogens with zero attached hydrogens (tertiary/aromatic N) is 1. The molecule has 0 aromatic carbocycles. The van der Waals surface area contributed by atoms with Crippen molar-refractivity contribution in [1.29, 1.82) is 0 Å². The first kappa shape index (κ1) is 53.7. The lowest BCUT2D eigenvalue weighted by molar-refractivity contribution is -0.870. The number of unbranched alkanes of at least 4 members (excludes halogenated alkanes) is 12. The maximum atomic E-state index is 12.7. The van der Waals surface area contributed by atoms with E-state index in [4.69, 9.17) is 18.9 Å². The van der Waals surface area contributed by atoms with E-state index in [9.17, 15) is 19.5 Å². The highest BCUT2D eigenvalue weighted by Gasteiger charge is 2.21. The van der Waals surface area contributed by atoms with Gasteiger partial charge in [0.1, 0.15) is 13.2 Å². The molecule has 0 saturated carbocycles. The number of carbonyl (C=O) groups is 3. The number of quaternary nitrogens is 1. The fraction of sp³-hybridized carbons (Fsp3) is 0.688. The molecule has 0 saturated heterocycles. The van der Waals surface area contributed by atoms with Gasteiger partial charge in [-0.05, 0) is 64.2 Å². The van der Waals surface area contributed by atoms with Gasteiger partial charge in [-0.1, -0.05) is 151 Å². The van der Waals surface area contributed by atoms with Gasteiger partial charge >= 0.3 is 11.9 Å². The molecule has 0 spiro atoms. The highest BCUT2D eigenvalue weighted by Crippen LogP contribution is 2.13. The minimum Gasteiger partial charge on any atom is -0.545 e. The third-order valence-corrected chi connectivity index (χ3v) is 8.97. The number of ether oxygens (including phenoxy) is 4. The van der Waals surface area contributed by atoms with Crippen LogP contribution in [0.3, 0.4) is 0 Å². The van der Waals surface area contributed by atoms with Gasteiger partial charge in [-0.15, -0.1) is 0 Å². The van der Waals surface area contributed by atoms with E-state index in [1.165, 1.54) is 51.4 Å². The molecule has 0 aromatic rings. The molecule has 57 heavy (non-hydrogen) atoms. The first-order valence-electron chi connectivity index (χ1n) is 22.1. The van der Waals surface area contributed by atoms with Crippen molar-refractivity contribution in [3.05, 3.63) is 72.9 Å². The topological polar surface area (TPSA) is 111 Å². The molecule has 0 heterocycles. The Morgan fingerprint density at radius 3 is 1.49 bits per heavy atom. The average Bonchev–Trinajstić information content (AvgIpc) is 3.17. The monoisotopic (exact) mass is 800 g/mol. The van der Waals surface area contributed by atoms with Crippen molar-refractivity contribution in [1.82, 2.24) is 0 Å². The zero-order valence-corrected chi connectivity index (χ0v) is 36.7. The third kappa shape index (κ3) is 40.7. The molecule has 2 atom stereocenters. The van der Waals surface area contributed by atoms with E-state index in [1.807, 2.05) is 21.1 Å². The summed E-state index contributed by atoms with van der Waals surface area (Å²) in [6.07, 6.45) is 45.1. The average molecular weight is 800 g/mol. The van der Waals surface area contributed by atoms with Crippen LogP contribution in [0.25, 0.3) is 0 Å². The molecule has 2 unspecified atom stereocenters. The van der Waals surface area contributed by atoms with Crippen LogP contribution in [0.5, 0.6) is 0 Å². The van der Waals surface area contributed by atoms with Gasteiger partial charge < -0.3 is 33.3 Å². The summed E-state index contributed by atoms with van der Waals surface area (Å²) in [5.41, 5.74) is 0. The van der Waals surface area contributed by atoms with E-state index in [0.717, 1.165) is 70.6 Å². The minimum atomic E-state index is -1.63. The Hall–Kier alpha value is -3.27. The highest BCUT2D eigenvalue weighted by atomic mass is 16.7. The van der Waals surface area contributed by atoms with Crippen LogP contribution in [0.1, 0.15) is 155 Å². The molecule has 0 radical (unpaired) electrons. The number of allylic oxidation sites excluding steroid dienone is 12. The fourth-order valence-electron chi connectivity index (χ4n) is 5.54. The number of aliphatic carboxylic acids is 1. The summed E-state index contributed by atoms with van der Waals surface area (Å²) in [5.74, 6) is -2.35. The highest BCUT2D eigenvalue weighted by molar-refractivity contribution is 5.70. The Morgan fingerprint density at radius 1 is 0.544 bits per heavy atom. The molecular weight excluding hydrogens is 719 g/mol. The Bertz CT molecular complexity index is 1160. The number of hydrogen-bond acceptors (Lipinski definition) is 8. The number of carboxylic acid groups (broad SMARTS) is 1. The molecule has 0 aliphatic carbocycles. The molecule has 326 valence electrons. The largest absolute Gasteiger partial charge is 0.545 e. The van der Waals surface area contributed by atoms with E-state index < -0.39 is 24.3 Å².